The molecule has 0 aliphatic heterocycles. The van der Waals surface area contributed by atoms with E-state index in [0.717, 1.165) is 51.4 Å². The zero-order valence-corrected chi connectivity index (χ0v) is 17.0. The van der Waals surface area contributed by atoms with Crippen LogP contribution in [0.2, 0.25) is 0 Å². The van der Waals surface area contributed by atoms with Gasteiger partial charge in [0.15, 0.2) is 0 Å². The third-order valence-electron chi connectivity index (χ3n) is 5.54. The molecule has 1 aromatic carbocycles. The highest BCUT2D eigenvalue weighted by molar-refractivity contribution is 7.58. The van der Waals surface area contributed by atoms with Crippen molar-refractivity contribution in [3.05, 3.63) is 39.9 Å². The van der Waals surface area contributed by atoms with Crippen LogP contribution in [0.25, 0.3) is 0 Å². The summed E-state index contributed by atoms with van der Waals surface area (Å²) in [6.07, 6.45) is 10.5. The number of carbonyl (C=O) groups is 1. The molecule has 0 saturated heterocycles. The van der Waals surface area contributed by atoms with Gasteiger partial charge in [-0.1, -0.05) is 38.5 Å². The number of nitro groups is 1. The Kier molecular flexibility index (Phi) is 7.21. The van der Waals surface area contributed by atoms with Gasteiger partial charge in [-0.15, -0.1) is 0 Å². The van der Waals surface area contributed by atoms with E-state index in [4.69, 9.17) is 0 Å². The van der Waals surface area contributed by atoms with Gasteiger partial charge in [0, 0.05) is 29.8 Å². The van der Waals surface area contributed by atoms with E-state index in [-0.39, 0.29) is 23.3 Å². The number of rotatable bonds is 7. The second-order valence-corrected chi connectivity index (χ2v) is 9.74. The van der Waals surface area contributed by atoms with Gasteiger partial charge in [0.1, 0.15) is 0 Å². The molecule has 2 aliphatic carbocycles. The quantitative estimate of drug-likeness (QED) is 0.353. The minimum absolute atomic E-state index is 0.0830. The van der Waals surface area contributed by atoms with Gasteiger partial charge in [0.2, 0.25) is 0 Å². The summed E-state index contributed by atoms with van der Waals surface area (Å²) in [6.45, 7) is 0. The van der Waals surface area contributed by atoms with E-state index in [1.165, 1.54) is 37.1 Å². The molecule has 28 heavy (non-hydrogen) atoms. The van der Waals surface area contributed by atoms with Gasteiger partial charge >= 0.3 is 7.59 Å². The maximum Gasteiger partial charge on any atom is 0.306 e. The molecular formula is C19H29N4O4P. The summed E-state index contributed by atoms with van der Waals surface area (Å²) in [5.41, 5.74) is 0.169. The molecule has 2 saturated carbocycles. The molecule has 154 valence electrons. The molecule has 0 aromatic heterocycles. The molecule has 3 N–H and O–H groups in total. The Morgan fingerprint density at radius 1 is 0.893 bits per heavy atom. The van der Waals surface area contributed by atoms with Crippen molar-refractivity contribution >= 4 is 19.2 Å². The molecule has 1 aromatic rings. The van der Waals surface area contributed by atoms with Crippen molar-refractivity contribution in [3.8, 4) is 0 Å². The highest BCUT2D eigenvalue weighted by atomic mass is 31.2. The number of hydrogen-bond donors (Lipinski definition) is 3. The summed E-state index contributed by atoms with van der Waals surface area (Å²) in [7, 11) is -3.34. The number of non-ortho nitro benzene ring substituents is 1. The summed E-state index contributed by atoms with van der Waals surface area (Å²) in [5.74, 6) is -0.496. The van der Waals surface area contributed by atoms with E-state index in [2.05, 4.69) is 15.3 Å². The zero-order chi connectivity index (χ0) is 20.0. The van der Waals surface area contributed by atoms with Gasteiger partial charge in [-0.05, 0) is 37.8 Å². The fourth-order valence-electron chi connectivity index (χ4n) is 4.02. The first-order valence-electron chi connectivity index (χ1n) is 10.2. The van der Waals surface area contributed by atoms with E-state index in [1.807, 2.05) is 0 Å². The average molecular weight is 408 g/mol. The van der Waals surface area contributed by atoms with Crippen molar-refractivity contribution in [2.24, 2.45) is 0 Å². The number of benzene rings is 1. The van der Waals surface area contributed by atoms with Crippen LogP contribution in [0.5, 0.6) is 0 Å². The molecule has 0 heterocycles. The third kappa shape index (κ3) is 5.87. The second kappa shape index (κ2) is 9.63. The zero-order valence-electron chi connectivity index (χ0n) is 16.1. The molecule has 0 bridgehead atoms. The third-order valence-corrected chi connectivity index (χ3v) is 7.51. The topological polar surface area (TPSA) is 113 Å². The van der Waals surface area contributed by atoms with E-state index >= 15 is 0 Å². The number of hydrogen-bond acceptors (Lipinski definition) is 4. The van der Waals surface area contributed by atoms with Crippen molar-refractivity contribution in [2.75, 3.05) is 0 Å². The molecule has 0 radical (unpaired) electrons. The largest absolute Gasteiger partial charge is 0.306 e. The number of nitro benzene ring substituents is 1. The smallest absolute Gasteiger partial charge is 0.279 e. The first kappa shape index (κ1) is 21.0. The van der Waals surface area contributed by atoms with Crippen LogP contribution in [0.1, 0.15) is 74.6 Å². The van der Waals surface area contributed by atoms with Crippen LogP contribution in [0.4, 0.5) is 5.69 Å². The molecule has 8 nitrogen and oxygen atoms in total. The van der Waals surface area contributed by atoms with Crippen LogP contribution >= 0.6 is 7.59 Å². The molecule has 1 amide bonds. The van der Waals surface area contributed by atoms with Crippen molar-refractivity contribution in [3.63, 3.8) is 0 Å². The van der Waals surface area contributed by atoms with Crippen LogP contribution in [0.15, 0.2) is 24.3 Å². The number of nitrogens with one attached hydrogen (secondary N) is 3. The van der Waals surface area contributed by atoms with Gasteiger partial charge in [0.25, 0.3) is 11.6 Å². The molecule has 0 spiro atoms. The number of nitrogens with zero attached hydrogens (tertiary/aromatic N) is 1. The molecule has 9 heteroatoms. The van der Waals surface area contributed by atoms with E-state index < -0.39 is 18.4 Å². The molecule has 3 rings (SSSR count). The fourth-order valence-corrected chi connectivity index (χ4v) is 6.19. The Bertz CT molecular complexity index is 704. The Morgan fingerprint density at radius 3 is 1.79 bits per heavy atom. The summed E-state index contributed by atoms with van der Waals surface area (Å²) in [6, 6.07) is 5.57. The van der Waals surface area contributed by atoms with Gasteiger partial charge in [-0.25, -0.2) is 10.2 Å². The normalized spacial score (nSPS) is 19.3. The maximum atomic E-state index is 13.6. The van der Waals surface area contributed by atoms with E-state index in [9.17, 15) is 19.5 Å². The predicted molar refractivity (Wildman–Crippen MR) is 108 cm³/mol. The van der Waals surface area contributed by atoms with Crippen LogP contribution in [-0.4, -0.2) is 22.9 Å². The van der Waals surface area contributed by atoms with Gasteiger partial charge in [-0.3, -0.25) is 24.6 Å². The summed E-state index contributed by atoms with van der Waals surface area (Å²) >= 11 is 0. The fraction of sp³-hybridized carbons (Fsp3) is 0.632. The van der Waals surface area contributed by atoms with Crippen LogP contribution < -0.4 is 15.3 Å². The lowest BCUT2D eigenvalue weighted by Gasteiger charge is -2.33. The van der Waals surface area contributed by atoms with E-state index in [0.29, 0.717) is 0 Å². The minimum atomic E-state index is -3.34. The molecule has 0 atom stereocenters. The van der Waals surface area contributed by atoms with Crippen molar-refractivity contribution in [1.82, 2.24) is 15.3 Å². The average Bonchev–Trinajstić information content (AvgIpc) is 2.69. The minimum Gasteiger partial charge on any atom is -0.279 e. The molecular weight excluding hydrogens is 379 g/mol. The summed E-state index contributed by atoms with van der Waals surface area (Å²) in [4.78, 5) is 23.0. The number of carbonyl (C=O) groups excluding carboxylic acids is 1. The monoisotopic (exact) mass is 408 g/mol. The second-order valence-electron chi connectivity index (χ2n) is 7.78. The Morgan fingerprint density at radius 2 is 1.36 bits per heavy atom. The van der Waals surface area contributed by atoms with E-state index in [1.54, 1.807) is 0 Å². The first-order valence-corrected chi connectivity index (χ1v) is 11.9. The Labute approximate surface area is 165 Å². The molecule has 2 fully saturated rings. The Hall–Kier alpha value is -1.76. The Balaban J connectivity index is 1.71. The summed E-state index contributed by atoms with van der Waals surface area (Å²) < 4.78 is 13.6. The maximum absolute atomic E-state index is 13.6. The molecule has 2 aliphatic rings. The lowest BCUT2D eigenvalue weighted by molar-refractivity contribution is -0.384. The lowest BCUT2D eigenvalue weighted by Crippen LogP contribution is -2.44. The highest BCUT2D eigenvalue weighted by Gasteiger charge is 2.32. The predicted octanol–water partition coefficient (Wildman–Crippen LogP) is 4.28. The lowest BCUT2D eigenvalue weighted by atomic mass is 9.96. The molecule has 0 unspecified atom stereocenters. The highest BCUT2D eigenvalue weighted by Crippen LogP contribution is 2.37. The first-order chi connectivity index (χ1) is 13.5. The van der Waals surface area contributed by atoms with Crippen LogP contribution in [0.3, 0.4) is 0 Å². The van der Waals surface area contributed by atoms with Gasteiger partial charge in [0.05, 0.1) is 4.92 Å². The van der Waals surface area contributed by atoms with Crippen molar-refractivity contribution in [1.29, 1.82) is 0 Å². The van der Waals surface area contributed by atoms with Crippen LogP contribution in [0, 0.1) is 10.1 Å². The standard InChI is InChI=1S/C19H29N4O4P/c24-19(15-11-13-18(14-12-15)23(25)26)22-28(27,20-16-7-3-1-4-8-16)21-17-9-5-2-6-10-17/h11-14,16-17H,1-10H2,(H3,20,21,22,24,27). The number of amides is 1. The van der Waals surface area contributed by atoms with Gasteiger partial charge in [-0.2, -0.15) is 0 Å². The summed E-state index contributed by atoms with van der Waals surface area (Å²) in [5, 5.41) is 19.9. The SMILES string of the molecule is O=C(NP(=O)(NC1CCCCC1)NC1CCCCC1)c1ccc([N+](=O)[O-])cc1. The van der Waals surface area contributed by atoms with Crippen LogP contribution in [-0.2, 0) is 4.57 Å². The van der Waals surface area contributed by atoms with Gasteiger partial charge < -0.3 is 0 Å². The van der Waals surface area contributed by atoms with Crippen molar-refractivity contribution in [2.45, 2.75) is 76.3 Å². The van der Waals surface area contributed by atoms with Crippen molar-refractivity contribution < 1.29 is 14.3 Å².